The number of sulfonamides is 1. The van der Waals surface area contributed by atoms with Crippen LogP contribution in [0, 0.1) is 0 Å². The third-order valence-electron chi connectivity index (χ3n) is 3.58. The van der Waals surface area contributed by atoms with Crippen molar-refractivity contribution >= 4 is 27.4 Å². The molecule has 0 amide bonds. The number of allylic oxidation sites excluding steroid dienone is 2. The van der Waals surface area contributed by atoms with E-state index in [1.165, 1.54) is 19.1 Å². The molecule has 0 saturated heterocycles. The van der Waals surface area contributed by atoms with Crippen LogP contribution >= 0.6 is 0 Å². The molecule has 0 saturated carbocycles. The first-order valence-electron chi connectivity index (χ1n) is 7.73. The molecule has 0 atom stereocenters. The number of hydrogen-bond acceptors (Lipinski definition) is 6. The van der Waals surface area contributed by atoms with E-state index in [1.807, 2.05) is 0 Å². The van der Waals surface area contributed by atoms with Crippen molar-refractivity contribution in [3.63, 3.8) is 0 Å². The van der Waals surface area contributed by atoms with Crippen molar-refractivity contribution in [1.29, 1.82) is 0 Å². The van der Waals surface area contributed by atoms with Crippen LogP contribution in [0.4, 0.5) is 11.6 Å². The Morgan fingerprint density at radius 3 is 2.50 bits per heavy atom. The van der Waals surface area contributed by atoms with Gasteiger partial charge in [0.2, 0.25) is 10.0 Å². The summed E-state index contributed by atoms with van der Waals surface area (Å²) in [6.07, 6.45) is 4.95. The Hall–Kier alpha value is -2.91. The van der Waals surface area contributed by atoms with Gasteiger partial charge in [-0.3, -0.25) is 4.79 Å². The highest BCUT2D eigenvalue weighted by Crippen LogP contribution is 2.26. The van der Waals surface area contributed by atoms with Gasteiger partial charge in [-0.2, -0.15) is 5.10 Å². The fourth-order valence-electron chi connectivity index (χ4n) is 2.38. The van der Waals surface area contributed by atoms with Crippen LogP contribution in [-0.2, 0) is 16.6 Å². The number of nitrogens with zero attached hydrogens (tertiary/aromatic N) is 2. The number of hydrogen-bond donors (Lipinski definition) is 3. The first-order valence-corrected chi connectivity index (χ1v) is 9.28. The topological polar surface area (TPSA) is 119 Å². The van der Waals surface area contributed by atoms with Gasteiger partial charge < -0.3 is 10.6 Å². The zero-order chi connectivity index (χ0) is 19.3. The molecule has 0 aliphatic rings. The number of carbonyl (C=O) groups is 1. The van der Waals surface area contributed by atoms with Crippen LogP contribution in [0.3, 0.4) is 0 Å². The van der Waals surface area contributed by atoms with Crippen molar-refractivity contribution < 1.29 is 13.2 Å². The van der Waals surface area contributed by atoms with E-state index in [-0.39, 0.29) is 10.7 Å². The van der Waals surface area contributed by atoms with Crippen LogP contribution in [0.1, 0.15) is 22.8 Å². The Bertz CT molecular complexity index is 944. The molecule has 2 rings (SSSR count). The lowest BCUT2D eigenvalue weighted by molar-refractivity contribution is 0.101. The third-order valence-corrected chi connectivity index (χ3v) is 4.51. The SMILES string of the molecule is C=C/C=C/Nc1c(C(C)=O)c(NC)nn1Cc1ccc(S(N)(=O)=O)cc1. The number of nitrogens with two attached hydrogens (primary N) is 1. The highest BCUT2D eigenvalue weighted by atomic mass is 32.2. The zero-order valence-electron chi connectivity index (χ0n) is 14.6. The van der Waals surface area contributed by atoms with Crippen molar-refractivity contribution in [3.05, 3.63) is 60.3 Å². The van der Waals surface area contributed by atoms with Crippen molar-refractivity contribution in [2.45, 2.75) is 18.4 Å². The van der Waals surface area contributed by atoms with Gasteiger partial charge in [0.1, 0.15) is 11.4 Å². The van der Waals surface area contributed by atoms with Crippen LogP contribution < -0.4 is 15.8 Å². The minimum absolute atomic E-state index is 0.0364. The second-order valence-electron chi connectivity index (χ2n) is 5.46. The molecule has 1 heterocycles. The lowest BCUT2D eigenvalue weighted by Gasteiger charge is -2.09. The van der Waals surface area contributed by atoms with E-state index >= 15 is 0 Å². The third kappa shape index (κ3) is 4.38. The fourth-order valence-corrected chi connectivity index (χ4v) is 2.90. The van der Waals surface area contributed by atoms with Gasteiger partial charge in [-0.1, -0.05) is 24.8 Å². The van der Waals surface area contributed by atoms with Crippen LogP contribution in [0.15, 0.2) is 54.1 Å². The van der Waals surface area contributed by atoms with Crippen LogP contribution in [0.5, 0.6) is 0 Å². The summed E-state index contributed by atoms with van der Waals surface area (Å²) in [6.45, 7) is 5.40. The van der Waals surface area contributed by atoms with Gasteiger partial charge in [-0.05, 0) is 30.7 Å². The van der Waals surface area contributed by atoms with E-state index in [9.17, 15) is 13.2 Å². The van der Waals surface area contributed by atoms with Gasteiger partial charge in [-0.15, -0.1) is 0 Å². The zero-order valence-corrected chi connectivity index (χ0v) is 15.4. The molecule has 8 nitrogen and oxygen atoms in total. The molecule has 138 valence electrons. The van der Waals surface area contributed by atoms with Crippen molar-refractivity contribution in [1.82, 2.24) is 9.78 Å². The average molecular weight is 375 g/mol. The normalized spacial score (nSPS) is 11.5. The molecule has 0 radical (unpaired) electrons. The minimum atomic E-state index is -3.74. The number of rotatable bonds is 8. The van der Waals surface area contributed by atoms with Gasteiger partial charge in [0, 0.05) is 13.2 Å². The molecule has 2 aromatic rings. The molecule has 0 fully saturated rings. The first-order chi connectivity index (χ1) is 12.3. The summed E-state index contributed by atoms with van der Waals surface area (Å²) in [5.41, 5.74) is 1.23. The van der Waals surface area contributed by atoms with Gasteiger partial charge in [-0.25, -0.2) is 18.2 Å². The lowest BCUT2D eigenvalue weighted by Crippen LogP contribution is -2.12. The molecule has 1 aromatic carbocycles. The molecule has 0 unspecified atom stereocenters. The van der Waals surface area contributed by atoms with Crippen LogP contribution in [0.25, 0.3) is 0 Å². The largest absolute Gasteiger partial charge is 0.371 e. The second-order valence-corrected chi connectivity index (χ2v) is 7.03. The molecular formula is C17H21N5O3S. The van der Waals surface area contributed by atoms with E-state index < -0.39 is 10.0 Å². The second kappa shape index (κ2) is 7.98. The highest BCUT2D eigenvalue weighted by molar-refractivity contribution is 7.89. The first kappa shape index (κ1) is 19.4. The summed E-state index contributed by atoms with van der Waals surface area (Å²) < 4.78 is 24.3. The van der Waals surface area contributed by atoms with Gasteiger partial charge in [0.05, 0.1) is 11.4 Å². The molecule has 4 N–H and O–H groups in total. The Balaban J connectivity index is 2.42. The van der Waals surface area contributed by atoms with E-state index in [2.05, 4.69) is 22.3 Å². The standard InChI is InChI=1S/C17H21N5O3S/c1-4-5-10-20-17-15(12(2)23)16(19-3)21-22(17)11-13-6-8-14(9-7-13)26(18,24)25/h4-10,20H,1,11H2,2-3H3,(H,19,21)(H2,18,24,25)/b10-5+. The van der Waals surface area contributed by atoms with Crippen molar-refractivity contribution in [2.75, 3.05) is 17.7 Å². The van der Waals surface area contributed by atoms with Gasteiger partial charge in [0.25, 0.3) is 0 Å². The predicted octanol–water partition coefficient (Wildman–Crippen LogP) is 1.93. The number of aromatic nitrogens is 2. The number of anilines is 2. The molecule has 0 bridgehead atoms. The van der Waals surface area contributed by atoms with E-state index in [0.717, 1.165) is 5.56 Å². The molecule has 9 heteroatoms. The van der Waals surface area contributed by atoms with Crippen LogP contribution in [-0.4, -0.2) is 31.0 Å². The maximum absolute atomic E-state index is 12.0. The molecule has 0 aliphatic heterocycles. The number of primary sulfonamides is 1. The number of carbonyl (C=O) groups excluding carboxylic acids is 1. The summed E-state index contributed by atoms with van der Waals surface area (Å²) in [7, 11) is -2.06. The smallest absolute Gasteiger partial charge is 0.238 e. The van der Waals surface area contributed by atoms with E-state index in [0.29, 0.717) is 23.7 Å². The summed E-state index contributed by atoms with van der Waals surface area (Å²) >= 11 is 0. The Labute approximate surface area is 152 Å². The molecule has 1 aromatic heterocycles. The Morgan fingerprint density at radius 1 is 1.35 bits per heavy atom. The number of benzene rings is 1. The number of ketones is 1. The Morgan fingerprint density at radius 2 is 2.00 bits per heavy atom. The monoisotopic (exact) mass is 375 g/mol. The highest BCUT2D eigenvalue weighted by Gasteiger charge is 2.20. The quantitative estimate of drug-likeness (QED) is 0.479. The predicted molar refractivity (Wildman–Crippen MR) is 102 cm³/mol. The van der Waals surface area contributed by atoms with E-state index in [4.69, 9.17) is 5.14 Å². The van der Waals surface area contributed by atoms with E-state index in [1.54, 1.807) is 42.2 Å². The summed E-state index contributed by atoms with van der Waals surface area (Å²) in [5, 5.41) is 15.5. The number of Topliss-reactive ketones (excluding diaryl/α,β-unsaturated/α-hetero) is 1. The summed E-state index contributed by atoms with van der Waals surface area (Å²) in [5.74, 6) is 0.836. The van der Waals surface area contributed by atoms with Gasteiger partial charge in [0.15, 0.2) is 11.6 Å². The van der Waals surface area contributed by atoms with Crippen molar-refractivity contribution in [2.24, 2.45) is 5.14 Å². The van der Waals surface area contributed by atoms with Crippen LogP contribution in [0.2, 0.25) is 0 Å². The summed E-state index contributed by atoms with van der Waals surface area (Å²) in [6, 6.07) is 6.17. The fraction of sp³-hybridized carbons (Fsp3) is 0.176. The maximum atomic E-state index is 12.0. The molecular weight excluding hydrogens is 354 g/mol. The molecule has 0 spiro atoms. The lowest BCUT2D eigenvalue weighted by atomic mass is 10.2. The molecule has 26 heavy (non-hydrogen) atoms. The minimum Gasteiger partial charge on any atom is -0.371 e. The Kier molecular flexibility index (Phi) is 5.96. The number of nitrogens with one attached hydrogen (secondary N) is 2. The average Bonchev–Trinajstić information content (AvgIpc) is 2.92. The van der Waals surface area contributed by atoms with Gasteiger partial charge >= 0.3 is 0 Å². The van der Waals surface area contributed by atoms with Crippen molar-refractivity contribution in [3.8, 4) is 0 Å². The molecule has 0 aliphatic carbocycles. The maximum Gasteiger partial charge on any atom is 0.238 e. The summed E-state index contributed by atoms with van der Waals surface area (Å²) in [4.78, 5) is 12.1.